The Bertz CT molecular complexity index is 553. The zero-order valence-corrected chi connectivity index (χ0v) is 11.6. The fourth-order valence-electron chi connectivity index (χ4n) is 2.09. The molecule has 0 spiro atoms. The van der Waals surface area contributed by atoms with Crippen LogP contribution in [0, 0.1) is 0 Å². The molecule has 2 rings (SSSR count). The normalized spacial score (nSPS) is 10.3. The molecule has 0 aromatic heterocycles. The zero-order valence-electron chi connectivity index (χ0n) is 11.6. The van der Waals surface area contributed by atoms with E-state index in [2.05, 4.69) is 0 Å². The van der Waals surface area contributed by atoms with Gasteiger partial charge in [-0.25, -0.2) is 0 Å². The topological polar surface area (TPSA) is 58.9 Å². The number of phenolic OH excluding ortho intramolecular Hbond substituents is 2. The molecular formula is C16H18O4. The minimum Gasteiger partial charge on any atom is -0.504 e. The molecule has 4 nitrogen and oxygen atoms in total. The predicted octanol–water partition coefficient (Wildman–Crippen LogP) is 2.90. The maximum absolute atomic E-state index is 9.74. The van der Waals surface area contributed by atoms with E-state index in [1.54, 1.807) is 19.2 Å². The molecule has 2 N–H and O–H groups in total. The summed E-state index contributed by atoms with van der Waals surface area (Å²) in [5.74, 6) is 0.848. The molecule has 0 heterocycles. The van der Waals surface area contributed by atoms with Crippen LogP contribution < -0.4 is 9.47 Å². The third kappa shape index (κ3) is 3.15. The van der Waals surface area contributed by atoms with Crippen molar-refractivity contribution in [2.24, 2.45) is 0 Å². The van der Waals surface area contributed by atoms with Gasteiger partial charge in [0.25, 0.3) is 0 Å². The molecule has 0 fully saturated rings. The number of rotatable bonds is 5. The van der Waals surface area contributed by atoms with E-state index in [-0.39, 0.29) is 17.2 Å². The third-order valence-corrected chi connectivity index (χ3v) is 3.18. The van der Waals surface area contributed by atoms with Gasteiger partial charge in [0.15, 0.2) is 11.5 Å². The van der Waals surface area contributed by atoms with Gasteiger partial charge in [0, 0.05) is 0 Å². The van der Waals surface area contributed by atoms with Crippen molar-refractivity contribution in [3.63, 3.8) is 0 Å². The quantitative estimate of drug-likeness (QED) is 0.880. The Morgan fingerprint density at radius 1 is 0.800 bits per heavy atom. The zero-order chi connectivity index (χ0) is 14.5. The lowest BCUT2D eigenvalue weighted by atomic mass is 10.0. The van der Waals surface area contributed by atoms with Crippen molar-refractivity contribution < 1.29 is 19.7 Å². The van der Waals surface area contributed by atoms with E-state index in [4.69, 9.17) is 9.47 Å². The maximum atomic E-state index is 9.74. The first-order valence-corrected chi connectivity index (χ1v) is 6.36. The van der Waals surface area contributed by atoms with E-state index in [1.807, 2.05) is 24.3 Å². The van der Waals surface area contributed by atoms with E-state index >= 15 is 0 Å². The molecule has 0 aliphatic carbocycles. The molecule has 0 saturated carbocycles. The number of hydrogen-bond acceptors (Lipinski definition) is 4. The van der Waals surface area contributed by atoms with Gasteiger partial charge in [-0.2, -0.15) is 0 Å². The lowest BCUT2D eigenvalue weighted by Crippen LogP contribution is -1.93. The number of benzene rings is 2. The summed E-state index contributed by atoms with van der Waals surface area (Å²) in [6, 6.07) is 11.1. The second-order valence-electron chi connectivity index (χ2n) is 4.52. The highest BCUT2D eigenvalue weighted by molar-refractivity contribution is 5.52. The van der Waals surface area contributed by atoms with Crippen molar-refractivity contribution in [2.75, 3.05) is 14.2 Å². The van der Waals surface area contributed by atoms with Gasteiger partial charge >= 0.3 is 0 Å². The van der Waals surface area contributed by atoms with Crippen molar-refractivity contribution >= 4 is 0 Å². The highest BCUT2D eigenvalue weighted by atomic mass is 16.5. The number of hydrogen-bond donors (Lipinski definition) is 2. The van der Waals surface area contributed by atoms with Gasteiger partial charge < -0.3 is 19.7 Å². The smallest absolute Gasteiger partial charge is 0.202 e. The van der Waals surface area contributed by atoms with Crippen molar-refractivity contribution in [3.8, 4) is 23.0 Å². The van der Waals surface area contributed by atoms with Gasteiger partial charge in [-0.1, -0.05) is 12.1 Å². The Labute approximate surface area is 118 Å². The highest BCUT2D eigenvalue weighted by Crippen LogP contribution is 2.36. The third-order valence-electron chi connectivity index (χ3n) is 3.18. The fraction of sp³-hybridized carbons (Fsp3) is 0.250. The number of aromatic hydroxyl groups is 2. The van der Waals surface area contributed by atoms with Crippen molar-refractivity contribution in [2.45, 2.75) is 12.8 Å². The van der Waals surface area contributed by atoms with Gasteiger partial charge in [-0.05, 0) is 48.2 Å². The van der Waals surface area contributed by atoms with E-state index < -0.39 is 0 Å². The first kappa shape index (κ1) is 14.1. The Balaban J connectivity index is 2.06. The van der Waals surface area contributed by atoms with E-state index in [0.717, 1.165) is 24.2 Å². The van der Waals surface area contributed by atoms with Crippen LogP contribution in [0.1, 0.15) is 11.1 Å². The SMILES string of the molecule is COc1ccc(CCc2cc(O)c(OC)c(O)c2)cc1. The van der Waals surface area contributed by atoms with Gasteiger partial charge in [-0.3, -0.25) is 0 Å². The molecule has 0 aliphatic heterocycles. The molecule has 0 aliphatic rings. The molecule has 0 radical (unpaired) electrons. The number of methoxy groups -OCH3 is 2. The molecular weight excluding hydrogens is 256 g/mol. The summed E-state index contributed by atoms with van der Waals surface area (Å²) in [7, 11) is 3.05. The van der Waals surface area contributed by atoms with Crippen LogP contribution in [-0.2, 0) is 12.8 Å². The molecule has 106 valence electrons. The van der Waals surface area contributed by atoms with Crippen LogP contribution in [0.2, 0.25) is 0 Å². The van der Waals surface area contributed by atoms with Crippen LogP contribution in [0.25, 0.3) is 0 Å². The predicted molar refractivity (Wildman–Crippen MR) is 76.7 cm³/mol. The Morgan fingerprint density at radius 3 is 1.85 bits per heavy atom. The molecule has 2 aromatic carbocycles. The molecule has 20 heavy (non-hydrogen) atoms. The summed E-state index contributed by atoms with van der Waals surface area (Å²) in [5.41, 5.74) is 2.03. The molecule has 2 aromatic rings. The minimum atomic E-state index is -0.0442. The summed E-state index contributed by atoms with van der Waals surface area (Å²) < 4.78 is 10.0. The second kappa shape index (κ2) is 6.19. The second-order valence-corrected chi connectivity index (χ2v) is 4.52. The molecule has 0 unspecified atom stereocenters. The average Bonchev–Trinajstić information content (AvgIpc) is 2.45. The fourth-order valence-corrected chi connectivity index (χ4v) is 2.09. The molecule has 0 atom stereocenters. The van der Waals surface area contributed by atoms with Crippen molar-refractivity contribution in [1.29, 1.82) is 0 Å². The van der Waals surface area contributed by atoms with Crippen LogP contribution in [0.3, 0.4) is 0 Å². The van der Waals surface area contributed by atoms with Crippen LogP contribution in [0.5, 0.6) is 23.0 Å². The summed E-state index contributed by atoms with van der Waals surface area (Å²) in [6.45, 7) is 0. The first-order valence-electron chi connectivity index (χ1n) is 6.36. The van der Waals surface area contributed by atoms with Crippen molar-refractivity contribution in [3.05, 3.63) is 47.5 Å². The number of aryl methyl sites for hydroxylation is 2. The Kier molecular flexibility index (Phi) is 4.35. The number of ether oxygens (including phenoxy) is 2. The van der Waals surface area contributed by atoms with Gasteiger partial charge in [0.2, 0.25) is 5.75 Å². The minimum absolute atomic E-state index is 0.0442. The van der Waals surface area contributed by atoms with E-state index in [0.29, 0.717) is 0 Å². The van der Waals surface area contributed by atoms with Gasteiger partial charge in [0.05, 0.1) is 14.2 Å². The maximum Gasteiger partial charge on any atom is 0.202 e. The Morgan fingerprint density at radius 2 is 1.35 bits per heavy atom. The monoisotopic (exact) mass is 274 g/mol. The lowest BCUT2D eigenvalue weighted by Gasteiger charge is -2.09. The Hall–Kier alpha value is -2.36. The van der Waals surface area contributed by atoms with Crippen LogP contribution >= 0.6 is 0 Å². The van der Waals surface area contributed by atoms with Crippen LogP contribution in [0.4, 0.5) is 0 Å². The van der Waals surface area contributed by atoms with Gasteiger partial charge in [0.1, 0.15) is 5.75 Å². The van der Waals surface area contributed by atoms with Crippen LogP contribution in [0.15, 0.2) is 36.4 Å². The summed E-state index contributed by atoms with van der Waals surface area (Å²) in [4.78, 5) is 0. The first-order chi connectivity index (χ1) is 9.63. The van der Waals surface area contributed by atoms with Gasteiger partial charge in [-0.15, -0.1) is 0 Å². The highest BCUT2D eigenvalue weighted by Gasteiger charge is 2.10. The molecule has 0 amide bonds. The van der Waals surface area contributed by atoms with Crippen LogP contribution in [-0.4, -0.2) is 24.4 Å². The van der Waals surface area contributed by atoms with E-state index in [1.165, 1.54) is 12.7 Å². The largest absolute Gasteiger partial charge is 0.504 e. The standard InChI is InChI=1S/C16H18O4/c1-19-13-7-5-11(6-8-13)3-4-12-9-14(17)16(20-2)15(18)10-12/h5-10,17-18H,3-4H2,1-2H3. The molecule has 0 saturated heterocycles. The average molecular weight is 274 g/mol. The number of phenols is 2. The summed E-state index contributed by atoms with van der Waals surface area (Å²) >= 11 is 0. The lowest BCUT2D eigenvalue weighted by molar-refractivity contribution is 0.344. The van der Waals surface area contributed by atoms with Crippen molar-refractivity contribution in [1.82, 2.24) is 0 Å². The molecule has 4 heteroatoms. The summed E-state index contributed by atoms with van der Waals surface area (Å²) in [6.07, 6.45) is 1.53. The summed E-state index contributed by atoms with van der Waals surface area (Å²) in [5, 5.41) is 19.5. The van der Waals surface area contributed by atoms with E-state index in [9.17, 15) is 10.2 Å². The molecule has 0 bridgehead atoms.